The maximum absolute atomic E-state index is 12.5. The summed E-state index contributed by atoms with van der Waals surface area (Å²) in [6.07, 6.45) is 0.302. The van der Waals surface area contributed by atoms with E-state index in [0.29, 0.717) is 42.7 Å². The van der Waals surface area contributed by atoms with Crippen molar-refractivity contribution in [2.45, 2.75) is 26.4 Å². The van der Waals surface area contributed by atoms with E-state index in [2.05, 4.69) is 13.8 Å². The molecule has 1 atom stereocenters. The molecule has 2 saturated heterocycles. The molecular formula is C18H23ClN2O3. The van der Waals surface area contributed by atoms with Crippen LogP contribution in [0, 0.1) is 11.8 Å². The number of halogens is 1. The fraction of sp³-hybridized carbons (Fsp3) is 0.556. The maximum atomic E-state index is 12.5. The van der Waals surface area contributed by atoms with Crippen molar-refractivity contribution in [3.63, 3.8) is 0 Å². The minimum absolute atomic E-state index is 0.0299. The van der Waals surface area contributed by atoms with Gasteiger partial charge in [-0.3, -0.25) is 9.59 Å². The summed E-state index contributed by atoms with van der Waals surface area (Å²) >= 11 is 6.08. The van der Waals surface area contributed by atoms with E-state index in [-0.39, 0.29) is 23.8 Å². The van der Waals surface area contributed by atoms with Crippen LogP contribution in [0.25, 0.3) is 0 Å². The molecule has 0 radical (unpaired) electrons. The highest BCUT2D eigenvalue weighted by atomic mass is 35.5. The van der Waals surface area contributed by atoms with E-state index in [1.807, 2.05) is 23.1 Å². The number of ether oxygens (including phenoxy) is 1. The van der Waals surface area contributed by atoms with Crippen LogP contribution in [0.4, 0.5) is 0 Å². The second kappa shape index (κ2) is 7.01. The van der Waals surface area contributed by atoms with E-state index in [1.165, 1.54) is 0 Å². The topological polar surface area (TPSA) is 49.9 Å². The van der Waals surface area contributed by atoms with Crippen molar-refractivity contribution in [2.75, 3.05) is 26.2 Å². The molecule has 2 amide bonds. The lowest BCUT2D eigenvalue weighted by molar-refractivity contribution is -0.144. The van der Waals surface area contributed by atoms with Crippen LogP contribution < -0.4 is 4.74 Å². The average Bonchev–Trinajstić information content (AvgIpc) is 2.84. The number of carbonyl (C=O) groups excluding carboxylic acids is 2. The molecule has 1 aromatic carbocycles. The summed E-state index contributed by atoms with van der Waals surface area (Å²) in [7, 11) is 0. The van der Waals surface area contributed by atoms with E-state index in [4.69, 9.17) is 16.3 Å². The van der Waals surface area contributed by atoms with Crippen molar-refractivity contribution in [3.05, 3.63) is 29.3 Å². The molecule has 5 nitrogen and oxygen atoms in total. The highest BCUT2D eigenvalue weighted by Gasteiger charge is 2.41. The molecule has 0 N–H and O–H groups in total. The van der Waals surface area contributed by atoms with Gasteiger partial charge in [-0.1, -0.05) is 37.6 Å². The number of likely N-dealkylation sites (tertiary alicyclic amines) is 2. The molecular weight excluding hydrogens is 328 g/mol. The third-order valence-corrected chi connectivity index (χ3v) is 4.75. The SMILES string of the molecule is CC(C)CN1CC(C(=O)N2CC(Oc3ccccc3Cl)C2)CC1=O. The lowest BCUT2D eigenvalue weighted by atomic mass is 10.0. The molecule has 6 heteroatoms. The second-order valence-corrected chi connectivity index (χ2v) is 7.41. The summed E-state index contributed by atoms with van der Waals surface area (Å²) < 4.78 is 5.82. The quantitative estimate of drug-likeness (QED) is 0.819. The molecule has 1 aromatic rings. The Labute approximate surface area is 147 Å². The molecule has 0 spiro atoms. The minimum atomic E-state index is -0.211. The zero-order valence-corrected chi connectivity index (χ0v) is 14.8. The monoisotopic (exact) mass is 350 g/mol. The van der Waals surface area contributed by atoms with Crippen LogP contribution in [-0.4, -0.2) is 53.9 Å². The summed E-state index contributed by atoms with van der Waals surface area (Å²) in [5.41, 5.74) is 0. The van der Waals surface area contributed by atoms with Crippen LogP contribution in [-0.2, 0) is 9.59 Å². The number of para-hydroxylation sites is 1. The van der Waals surface area contributed by atoms with Crippen LogP contribution in [0.15, 0.2) is 24.3 Å². The Balaban J connectivity index is 1.49. The molecule has 2 heterocycles. The summed E-state index contributed by atoms with van der Waals surface area (Å²) in [6.45, 7) is 6.53. The van der Waals surface area contributed by atoms with Crippen molar-refractivity contribution in [3.8, 4) is 5.75 Å². The lowest BCUT2D eigenvalue weighted by Gasteiger charge is -2.40. The van der Waals surface area contributed by atoms with Crippen LogP contribution in [0.2, 0.25) is 5.02 Å². The van der Waals surface area contributed by atoms with Gasteiger partial charge in [0.15, 0.2) is 0 Å². The zero-order chi connectivity index (χ0) is 17.3. The third-order valence-electron chi connectivity index (χ3n) is 4.44. The summed E-state index contributed by atoms with van der Waals surface area (Å²) in [5.74, 6) is 1.01. The lowest BCUT2D eigenvalue weighted by Crippen LogP contribution is -2.57. The molecule has 0 aliphatic carbocycles. The van der Waals surface area contributed by atoms with E-state index >= 15 is 0 Å². The molecule has 0 saturated carbocycles. The number of amides is 2. The van der Waals surface area contributed by atoms with Crippen LogP contribution in [0.1, 0.15) is 20.3 Å². The first-order chi connectivity index (χ1) is 11.4. The molecule has 3 rings (SSSR count). The first-order valence-corrected chi connectivity index (χ1v) is 8.79. The third kappa shape index (κ3) is 3.66. The number of hydrogen-bond donors (Lipinski definition) is 0. The Bertz CT molecular complexity index is 628. The number of benzene rings is 1. The first kappa shape index (κ1) is 17.1. The van der Waals surface area contributed by atoms with Gasteiger partial charge < -0.3 is 14.5 Å². The van der Waals surface area contributed by atoms with Gasteiger partial charge in [-0.15, -0.1) is 0 Å². The molecule has 2 aliphatic heterocycles. The smallest absolute Gasteiger partial charge is 0.228 e. The van der Waals surface area contributed by atoms with Gasteiger partial charge in [-0.05, 0) is 18.1 Å². The molecule has 1 unspecified atom stereocenters. The largest absolute Gasteiger partial charge is 0.485 e. The molecule has 2 fully saturated rings. The molecule has 0 aromatic heterocycles. The van der Waals surface area contributed by atoms with Gasteiger partial charge in [0.05, 0.1) is 24.0 Å². The van der Waals surface area contributed by atoms with Crippen molar-refractivity contribution >= 4 is 23.4 Å². The molecule has 130 valence electrons. The predicted molar refractivity (Wildman–Crippen MR) is 92.0 cm³/mol. The van der Waals surface area contributed by atoms with E-state index in [0.717, 1.165) is 6.54 Å². The van der Waals surface area contributed by atoms with Gasteiger partial charge >= 0.3 is 0 Å². The van der Waals surface area contributed by atoms with Gasteiger partial charge in [0.2, 0.25) is 11.8 Å². The fourth-order valence-electron chi connectivity index (χ4n) is 3.23. The molecule has 24 heavy (non-hydrogen) atoms. The van der Waals surface area contributed by atoms with Crippen LogP contribution >= 0.6 is 11.6 Å². The maximum Gasteiger partial charge on any atom is 0.228 e. The minimum Gasteiger partial charge on any atom is -0.485 e. The summed E-state index contributed by atoms with van der Waals surface area (Å²) in [6, 6.07) is 7.33. The first-order valence-electron chi connectivity index (χ1n) is 8.41. The van der Waals surface area contributed by atoms with Gasteiger partial charge in [-0.2, -0.15) is 0 Å². The number of hydrogen-bond acceptors (Lipinski definition) is 3. The number of rotatable bonds is 5. The highest BCUT2D eigenvalue weighted by molar-refractivity contribution is 6.32. The van der Waals surface area contributed by atoms with Crippen molar-refractivity contribution in [1.29, 1.82) is 0 Å². The predicted octanol–water partition coefficient (Wildman–Crippen LogP) is 2.43. The Morgan fingerprint density at radius 1 is 1.29 bits per heavy atom. The van der Waals surface area contributed by atoms with E-state index in [1.54, 1.807) is 11.0 Å². The molecule has 0 bridgehead atoms. The highest BCUT2D eigenvalue weighted by Crippen LogP contribution is 2.28. The fourth-order valence-corrected chi connectivity index (χ4v) is 3.41. The van der Waals surface area contributed by atoms with Gasteiger partial charge in [0.25, 0.3) is 0 Å². The van der Waals surface area contributed by atoms with Crippen molar-refractivity contribution in [1.82, 2.24) is 9.80 Å². The van der Waals surface area contributed by atoms with Gasteiger partial charge in [0, 0.05) is 19.5 Å². The second-order valence-electron chi connectivity index (χ2n) is 7.01. The number of nitrogens with zero attached hydrogens (tertiary/aromatic N) is 2. The van der Waals surface area contributed by atoms with Crippen LogP contribution in [0.5, 0.6) is 5.75 Å². The standard InChI is InChI=1S/C18H23ClN2O3/c1-12(2)8-20-9-13(7-17(20)22)18(23)21-10-14(11-21)24-16-6-4-3-5-15(16)19/h3-6,12-14H,7-11H2,1-2H3. The Morgan fingerprint density at radius 3 is 2.67 bits per heavy atom. The van der Waals surface area contributed by atoms with E-state index in [9.17, 15) is 9.59 Å². The van der Waals surface area contributed by atoms with E-state index < -0.39 is 0 Å². The average molecular weight is 351 g/mol. The number of carbonyl (C=O) groups is 2. The van der Waals surface area contributed by atoms with Crippen LogP contribution in [0.3, 0.4) is 0 Å². The molecule has 2 aliphatic rings. The summed E-state index contributed by atoms with van der Waals surface area (Å²) in [5, 5.41) is 0.577. The van der Waals surface area contributed by atoms with Gasteiger partial charge in [0.1, 0.15) is 11.9 Å². The summed E-state index contributed by atoms with van der Waals surface area (Å²) in [4.78, 5) is 28.1. The zero-order valence-electron chi connectivity index (χ0n) is 14.1. The Hall–Kier alpha value is -1.75. The Kier molecular flexibility index (Phi) is 4.99. The van der Waals surface area contributed by atoms with Gasteiger partial charge in [-0.25, -0.2) is 0 Å². The van der Waals surface area contributed by atoms with Crippen molar-refractivity contribution < 1.29 is 14.3 Å². The van der Waals surface area contributed by atoms with Crippen molar-refractivity contribution in [2.24, 2.45) is 11.8 Å². The normalized spacial score (nSPS) is 21.3. The Morgan fingerprint density at radius 2 is 2.00 bits per heavy atom.